The molecule has 0 spiro atoms. The molecule has 3 rings (SSSR count). The van der Waals surface area contributed by atoms with Crippen LogP contribution in [0.4, 0.5) is 4.39 Å². The first-order chi connectivity index (χ1) is 10.5. The van der Waals surface area contributed by atoms with Gasteiger partial charge in [-0.2, -0.15) is 0 Å². The number of rotatable bonds is 5. The number of fused-ring (bicyclic) bond motifs is 1. The first-order valence-electron chi connectivity index (χ1n) is 6.88. The third-order valence-corrected chi connectivity index (χ3v) is 3.61. The number of carboxylic acids is 1. The van der Waals surface area contributed by atoms with Gasteiger partial charge < -0.3 is 19.5 Å². The maximum Gasteiger partial charge on any atom is 0.341 e. The molecule has 22 heavy (non-hydrogen) atoms. The molecular formula is C15H14FNO5. The van der Waals surface area contributed by atoms with Crippen molar-refractivity contribution in [2.24, 2.45) is 0 Å². The van der Waals surface area contributed by atoms with Crippen LogP contribution in [0.2, 0.25) is 0 Å². The summed E-state index contributed by atoms with van der Waals surface area (Å²) in [7, 11) is 0. The molecule has 1 fully saturated rings. The first-order valence-corrected chi connectivity index (χ1v) is 6.88. The van der Waals surface area contributed by atoms with Crippen molar-refractivity contribution < 1.29 is 24.1 Å². The summed E-state index contributed by atoms with van der Waals surface area (Å²) in [5.41, 5.74) is -0.651. The van der Waals surface area contributed by atoms with Gasteiger partial charge in [0.15, 0.2) is 11.6 Å². The third kappa shape index (κ3) is 2.43. The van der Waals surface area contributed by atoms with E-state index in [4.69, 9.17) is 14.9 Å². The van der Waals surface area contributed by atoms with E-state index in [1.54, 1.807) is 4.57 Å². The normalized spacial score (nSPS) is 14.3. The molecule has 0 unspecified atom stereocenters. The number of pyridine rings is 1. The molecule has 0 amide bonds. The van der Waals surface area contributed by atoms with Gasteiger partial charge in [-0.3, -0.25) is 4.79 Å². The number of aromatic nitrogens is 1. The lowest BCUT2D eigenvalue weighted by atomic mass is 10.1. The second kappa shape index (κ2) is 5.42. The summed E-state index contributed by atoms with van der Waals surface area (Å²) < 4.78 is 20.8. The van der Waals surface area contributed by atoms with Gasteiger partial charge in [-0.05, 0) is 18.9 Å². The molecule has 116 valence electrons. The number of halogens is 1. The molecule has 0 bridgehead atoms. The molecule has 0 atom stereocenters. The predicted molar refractivity (Wildman–Crippen MR) is 76.0 cm³/mol. The van der Waals surface area contributed by atoms with E-state index in [1.807, 2.05) is 0 Å². The van der Waals surface area contributed by atoms with Crippen LogP contribution in [-0.2, 0) is 0 Å². The fourth-order valence-corrected chi connectivity index (χ4v) is 2.42. The smallest absolute Gasteiger partial charge is 0.341 e. The zero-order valence-electron chi connectivity index (χ0n) is 11.6. The summed E-state index contributed by atoms with van der Waals surface area (Å²) in [6.07, 6.45) is 3.06. The van der Waals surface area contributed by atoms with E-state index in [0.717, 1.165) is 18.9 Å². The largest absolute Gasteiger partial charge is 0.488 e. The van der Waals surface area contributed by atoms with Gasteiger partial charge in [0.2, 0.25) is 5.43 Å². The molecule has 7 heteroatoms. The first kappa shape index (κ1) is 14.5. The molecule has 1 aliphatic rings. The minimum atomic E-state index is -1.33. The third-order valence-electron chi connectivity index (χ3n) is 3.61. The Kier molecular flexibility index (Phi) is 3.58. The maximum absolute atomic E-state index is 14.0. The van der Waals surface area contributed by atoms with E-state index in [0.29, 0.717) is 5.52 Å². The van der Waals surface area contributed by atoms with Crippen molar-refractivity contribution in [1.82, 2.24) is 4.57 Å². The number of carboxylic acid groups (broad SMARTS) is 1. The number of nitrogens with zero attached hydrogens (tertiary/aromatic N) is 1. The molecule has 1 aromatic heterocycles. The van der Waals surface area contributed by atoms with E-state index in [1.165, 1.54) is 12.3 Å². The molecule has 1 saturated carbocycles. The lowest BCUT2D eigenvalue weighted by Crippen LogP contribution is -2.19. The van der Waals surface area contributed by atoms with Crippen molar-refractivity contribution in [1.29, 1.82) is 0 Å². The molecule has 2 aromatic rings. The van der Waals surface area contributed by atoms with Crippen LogP contribution in [0, 0.1) is 5.82 Å². The van der Waals surface area contributed by atoms with Crippen LogP contribution in [0.3, 0.4) is 0 Å². The Morgan fingerprint density at radius 2 is 2.14 bits per heavy atom. The van der Waals surface area contributed by atoms with Crippen molar-refractivity contribution >= 4 is 16.9 Å². The highest BCUT2D eigenvalue weighted by Crippen LogP contribution is 2.38. The van der Waals surface area contributed by atoms with E-state index in [2.05, 4.69) is 0 Å². The van der Waals surface area contributed by atoms with Crippen LogP contribution in [0.25, 0.3) is 10.9 Å². The average molecular weight is 307 g/mol. The summed E-state index contributed by atoms with van der Waals surface area (Å²) in [5.74, 6) is -2.16. The molecule has 0 aliphatic heterocycles. The number of aliphatic hydroxyl groups excluding tert-OH is 1. The zero-order valence-corrected chi connectivity index (χ0v) is 11.6. The van der Waals surface area contributed by atoms with Crippen LogP contribution in [0.1, 0.15) is 29.2 Å². The van der Waals surface area contributed by atoms with E-state index in [9.17, 15) is 14.0 Å². The quantitative estimate of drug-likeness (QED) is 0.875. The lowest BCUT2D eigenvalue weighted by Gasteiger charge is -2.13. The highest BCUT2D eigenvalue weighted by Gasteiger charge is 2.27. The summed E-state index contributed by atoms with van der Waals surface area (Å²) in [4.78, 5) is 23.4. The van der Waals surface area contributed by atoms with E-state index >= 15 is 0 Å². The van der Waals surface area contributed by atoms with Gasteiger partial charge in [-0.15, -0.1) is 0 Å². The number of benzene rings is 1. The molecule has 2 N–H and O–H groups in total. The highest BCUT2D eigenvalue weighted by molar-refractivity contribution is 5.93. The Hall–Kier alpha value is -2.41. The Balaban J connectivity index is 2.27. The number of hydrogen-bond acceptors (Lipinski definition) is 4. The van der Waals surface area contributed by atoms with Gasteiger partial charge in [0.25, 0.3) is 0 Å². The number of ether oxygens (including phenoxy) is 1. The van der Waals surface area contributed by atoms with Crippen LogP contribution < -0.4 is 10.2 Å². The number of aromatic carboxylic acids is 1. The van der Waals surface area contributed by atoms with Crippen molar-refractivity contribution in [2.75, 3.05) is 13.2 Å². The number of hydrogen-bond donors (Lipinski definition) is 2. The Bertz CT molecular complexity index is 810. The topological polar surface area (TPSA) is 88.8 Å². The van der Waals surface area contributed by atoms with Gasteiger partial charge in [0.05, 0.1) is 12.1 Å². The monoisotopic (exact) mass is 307 g/mol. The zero-order chi connectivity index (χ0) is 15.9. The van der Waals surface area contributed by atoms with Gasteiger partial charge >= 0.3 is 5.97 Å². The number of aliphatic hydroxyl groups is 1. The molecule has 6 nitrogen and oxygen atoms in total. The van der Waals surface area contributed by atoms with Gasteiger partial charge in [0, 0.05) is 23.7 Å². The van der Waals surface area contributed by atoms with Crippen molar-refractivity contribution in [3.8, 4) is 5.75 Å². The maximum atomic E-state index is 14.0. The van der Waals surface area contributed by atoms with E-state index < -0.39 is 17.2 Å². The second-order valence-corrected chi connectivity index (χ2v) is 5.19. The van der Waals surface area contributed by atoms with Crippen LogP contribution in [0.5, 0.6) is 5.75 Å². The van der Waals surface area contributed by atoms with Crippen LogP contribution >= 0.6 is 0 Å². The summed E-state index contributed by atoms with van der Waals surface area (Å²) in [6.45, 7) is -0.325. The SMILES string of the molecule is O=C(O)c1cn(C2CC2)c2cc(OCCO)c(F)cc2c1=O. The molecule has 1 aromatic carbocycles. The van der Waals surface area contributed by atoms with Gasteiger partial charge in [0.1, 0.15) is 12.2 Å². The molecular weight excluding hydrogens is 293 g/mol. The van der Waals surface area contributed by atoms with Gasteiger partial charge in [-0.25, -0.2) is 9.18 Å². The fourth-order valence-electron chi connectivity index (χ4n) is 2.42. The Morgan fingerprint density at radius 1 is 1.41 bits per heavy atom. The molecule has 0 saturated heterocycles. The molecule has 0 radical (unpaired) electrons. The molecule has 1 aliphatic carbocycles. The number of carbonyl (C=O) groups is 1. The van der Waals surface area contributed by atoms with Crippen LogP contribution in [-0.4, -0.2) is 34.0 Å². The Morgan fingerprint density at radius 3 is 2.73 bits per heavy atom. The minimum Gasteiger partial charge on any atom is -0.488 e. The standard InChI is InChI=1S/C15H14FNO5/c16-11-5-9-12(6-13(11)22-4-3-18)17(8-1-2-8)7-10(14(9)19)15(20)21/h5-8,18H,1-4H2,(H,20,21). The lowest BCUT2D eigenvalue weighted by molar-refractivity contribution is 0.0695. The second-order valence-electron chi connectivity index (χ2n) is 5.19. The summed E-state index contributed by atoms with van der Waals surface area (Å²) >= 11 is 0. The highest BCUT2D eigenvalue weighted by atomic mass is 19.1. The summed E-state index contributed by atoms with van der Waals surface area (Å²) in [6, 6.07) is 2.49. The van der Waals surface area contributed by atoms with Crippen LogP contribution in [0.15, 0.2) is 23.1 Å². The van der Waals surface area contributed by atoms with Crippen molar-refractivity contribution in [2.45, 2.75) is 18.9 Å². The average Bonchev–Trinajstić information content (AvgIpc) is 3.30. The van der Waals surface area contributed by atoms with Crippen molar-refractivity contribution in [3.05, 3.63) is 39.9 Å². The van der Waals surface area contributed by atoms with E-state index in [-0.39, 0.29) is 36.0 Å². The summed E-state index contributed by atoms with van der Waals surface area (Å²) in [5, 5.41) is 17.9. The minimum absolute atomic E-state index is 0.0145. The predicted octanol–water partition coefficient (Wildman–Crippen LogP) is 1.54. The van der Waals surface area contributed by atoms with Crippen molar-refractivity contribution in [3.63, 3.8) is 0 Å². The fraction of sp³-hybridized carbons (Fsp3) is 0.333. The van der Waals surface area contributed by atoms with Gasteiger partial charge in [-0.1, -0.05) is 0 Å². The Labute approximate surface area is 124 Å². The molecule has 1 heterocycles.